The number of nitrogens with zero attached hydrogens (tertiary/aromatic N) is 2. The standard InChI is InChI=1S/C30H58N4O12S4/c1-19(37)31-23-27(41)25(39)21(17-35)45-29(23)33(43-3)9-5-11-47-13-7-15-49-50-16-8-14-48-12-6-10-34(44-4)30-24(32-20(2)38)28(42)26(40)22(18-36)46-30/h21-30,35-36,39-42H,5-18H2,1-4H3,(H,31,37)(H,32,38)/t21-,22-,23-,24-,25-,26-,27-,28-,29-,30-/m1/s1. The van der Waals surface area contributed by atoms with Gasteiger partial charge in [0, 0.05) is 38.4 Å². The molecule has 0 spiro atoms. The van der Waals surface area contributed by atoms with Gasteiger partial charge in [-0.05, 0) is 48.7 Å². The fourth-order valence-corrected chi connectivity index (χ4v) is 9.83. The van der Waals surface area contributed by atoms with Crippen LogP contribution in [0.2, 0.25) is 0 Å². The number of hydrogen-bond acceptors (Lipinski definition) is 18. The van der Waals surface area contributed by atoms with Crippen molar-refractivity contribution in [2.24, 2.45) is 0 Å². The number of carbonyl (C=O) groups is 2. The van der Waals surface area contributed by atoms with E-state index in [0.717, 1.165) is 60.2 Å². The van der Waals surface area contributed by atoms with E-state index in [9.17, 15) is 40.2 Å². The van der Waals surface area contributed by atoms with Crippen LogP contribution in [0.5, 0.6) is 0 Å². The molecule has 16 nitrogen and oxygen atoms in total. The normalized spacial score (nSPS) is 30.2. The molecule has 0 aromatic rings. The van der Waals surface area contributed by atoms with Gasteiger partial charge in [-0.3, -0.25) is 19.3 Å². The maximum atomic E-state index is 11.7. The highest BCUT2D eigenvalue weighted by atomic mass is 33.1. The monoisotopic (exact) mass is 794 g/mol. The largest absolute Gasteiger partial charge is 0.394 e. The first-order valence-corrected chi connectivity index (χ1v) is 21.6. The van der Waals surface area contributed by atoms with Crippen molar-refractivity contribution in [3.05, 3.63) is 0 Å². The van der Waals surface area contributed by atoms with E-state index >= 15 is 0 Å². The van der Waals surface area contributed by atoms with Crippen molar-refractivity contribution in [1.29, 1.82) is 0 Å². The molecule has 2 aliphatic heterocycles. The lowest BCUT2D eigenvalue weighted by Crippen LogP contribution is -2.67. The topological polar surface area (TPSA) is 223 Å². The van der Waals surface area contributed by atoms with Gasteiger partial charge < -0.3 is 50.7 Å². The molecule has 20 heteroatoms. The molecule has 294 valence electrons. The van der Waals surface area contributed by atoms with Crippen LogP contribution in [-0.4, -0.2) is 189 Å². The molecule has 0 saturated carbocycles. The van der Waals surface area contributed by atoms with Crippen LogP contribution in [0.3, 0.4) is 0 Å². The second kappa shape index (κ2) is 25.8. The summed E-state index contributed by atoms with van der Waals surface area (Å²) in [4.78, 5) is 34.4. The lowest BCUT2D eigenvalue weighted by Gasteiger charge is -2.45. The maximum Gasteiger partial charge on any atom is 0.217 e. The average Bonchev–Trinajstić information content (AvgIpc) is 3.09. The maximum absolute atomic E-state index is 11.7. The molecule has 8 N–H and O–H groups in total. The Balaban J connectivity index is 1.53. The number of aliphatic hydroxyl groups is 6. The van der Waals surface area contributed by atoms with Crippen molar-refractivity contribution in [1.82, 2.24) is 20.8 Å². The first-order chi connectivity index (χ1) is 24.0. The van der Waals surface area contributed by atoms with Crippen molar-refractivity contribution in [2.75, 3.05) is 75.0 Å². The lowest BCUT2D eigenvalue weighted by molar-refractivity contribution is -0.304. The number of hydroxylamine groups is 4. The summed E-state index contributed by atoms with van der Waals surface area (Å²) in [5.74, 6) is 5.20. The summed E-state index contributed by atoms with van der Waals surface area (Å²) in [6.07, 6.45) is -5.30. The second-order valence-electron chi connectivity index (χ2n) is 11.8. The van der Waals surface area contributed by atoms with Gasteiger partial charge in [0.05, 0.1) is 39.5 Å². The lowest BCUT2D eigenvalue weighted by atomic mass is 9.95. The minimum absolute atomic E-state index is 0.378. The molecule has 2 heterocycles. The minimum Gasteiger partial charge on any atom is -0.394 e. The first kappa shape index (κ1) is 46.0. The zero-order valence-electron chi connectivity index (χ0n) is 29.3. The van der Waals surface area contributed by atoms with Crippen LogP contribution in [-0.2, 0) is 28.7 Å². The Labute approximate surface area is 311 Å². The fraction of sp³-hybridized carbons (Fsp3) is 0.933. The van der Waals surface area contributed by atoms with Crippen LogP contribution in [0.25, 0.3) is 0 Å². The van der Waals surface area contributed by atoms with Gasteiger partial charge in [0.25, 0.3) is 0 Å². The fourth-order valence-electron chi connectivity index (χ4n) is 5.52. The summed E-state index contributed by atoms with van der Waals surface area (Å²) in [6.45, 7) is 2.64. The zero-order valence-corrected chi connectivity index (χ0v) is 32.6. The van der Waals surface area contributed by atoms with Gasteiger partial charge in [-0.15, -0.1) is 0 Å². The summed E-state index contributed by atoms with van der Waals surface area (Å²) in [7, 11) is 6.71. The SMILES string of the molecule is CON(CCCSCCCSSCCCSCCCN(OC)[C@@H]1O[C@H](CO)[C@@H](O)[C@H](O)[C@H]1NC(C)=O)[C@@H]1O[C@H](CO)[C@@H](O)[C@H](O)[C@H]1NC(C)=O. The van der Waals surface area contributed by atoms with Crippen LogP contribution in [0, 0.1) is 0 Å². The molecule has 50 heavy (non-hydrogen) atoms. The Morgan fingerprint density at radius 3 is 1.30 bits per heavy atom. The van der Waals surface area contributed by atoms with E-state index in [2.05, 4.69) is 10.6 Å². The summed E-state index contributed by atoms with van der Waals surface area (Å²) in [6, 6.07) is -1.83. The smallest absolute Gasteiger partial charge is 0.217 e. The molecule has 2 rings (SSSR count). The molecule has 0 aromatic heterocycles. The minimum atomic E-state index is -1.34. The summed E-state index contributed by atoms with van der Waals surface area (Å²) in [5.41, 5.74) is 0. The van der Waals surface area contributed by atoms with E-state index in [0.29, 0.717) is 13.1 Å². The average molecular weight is 795 g/mol. The summed E-state index contributed by atoms with van der Waals surface area (Å²) >= 11 is 3.69. The molecule has 10 atom stereocenters. The molecule has 0 unspecified atom stereocenters. The van der Waals surface area contributed by atoms with Gasteiger partial charge in [0.1, 0.15) is 36.6 Å². The number of thioether (sulfide) groups is 2. The molecule has 0 aliphatic carbocycles. The zero-order chi connectivity index (χ0) is 37.1. The van der Waals surface area contributed by atoms with E-state index < -0.39 is 74.4 Å². The van der Waals surface area contributed by atoms with E-state index in [1.54, 1.807) is 0 Å². The molecule has 0 radical (unpaired) electrons. The summed E-state index contributed by atoms with van der Waals surface area (Å²) in [5, 5.41) is 69.0. The number of nitrogens with one attached hydrogen (secondary N) is 2. The molecule has 2 aliphatic rings. The van der Waals surface area contributed by atoms with Crippen LogP contribution in [0.15, 0.2) is 0 Å². The van der Waals surface area contributed by atoms with Crippen molar-refractivity contribution < 1.29 is 59.4 Å². The highest BCUT2D eigenvalue weighted by molar-refractivity contribution is 8.76. The Morgan fingerprint density at radius 2 is 0.980 bits per heavy atom. The van der Waals surface area contributed by atoms with Gasteiger partial charge in [-0.2, -0.15) is 33.7 Å². The van der Waals surface area contributed by atoms with Gasteiger partial charge in [0.2, 0.25) is 11.8 Å². The number of ether oxygens (including phenoxy) is 2. The van der Waals surface area contributed by atoms with E-state index in [4.69, 9.17) is 19.1 Å². The predicted molar refractivity (Wildman–Crippen MR) is 196 cm³/mol. The van der Waals surface area contributed by atoms with Gasteiger partial charge >= 0.3 is 0 Å². The van der Waals surface area contributed by atoms with Gasteiger partial charge in [-0.1, -0.05) is 21.6 Å². The van der Waals surface area contributed by atoms with E-state index in [1.165, 1.54) is 38.2 Å². The molecule has 0 bridgehead atoms. The predicted octanol–water partition coefficient (Wildman–Crippen LogP) is -0.991. The van der Waals surface area contributed by atoms with Crippen LogP contribution >= 0.6 is 45.1 Å². The molecule has 2 saturated heterocycles. The molecule has 0 aromatic carbocycles. The van der Waals surface area contributed by atoms with Crippen molar-refractivity contribution in [2.45, 2.75) is 101 Å². The van der Waals surface area contributed by atoms with E-state index in [-0.39, 0.29) is 11.8 Å². The molecular formula is C30H58N4O12S4. The van der Waals surface area contributed by atoms with Gasteiger partial charge in [0.15, 0.2) is 12.5 Å². The Kier molecular flexibility index (Phi) is 23.7. The number of aliphatic hydroxyl groups excluding tert-OH is 6. The van der Waals surface area contributed by atoms with Crippen molar-refractivity contribution in [3.8, 4) is 0 Å². The number of carbonyl (C=O) groups excluding carboxylic acids is 2. The second-order valence-corrected chi connectivity index (χ2v) is 17.0. The third-order valence-electron chi connectivity index (χ3n) is 8.03. The molecule has 2 amide bonds. The van der Waals surface area contributed by atoms with E-state index in [1.807, 2.05) is 45.1 Å². The highest BCUT2D eigenvalue weighted by Crippen LogP contribution is 2.27. The number of amides is 2. The van der Waals surface area contributed by atoms with Gasteiger partial charge in [-0.25, -0.2) is 0 Å². The van der Waals surface area contributed by atoms with Crippen LogP contribution in [0.1, 0.15) is 39.5 Å². The van der Waals surface area contributed by atoms with Crippen molar-refractivity contribution in [3.63, 3.8) is 0 Å². The molecule has 2 fully saturated rings. The highest BCUT2D eigenvalue weighted by Gasteiger charge is 2.48. The van der Waals surface area contributed by atoms with Crippen molar-refractivity contribution >= 4 is 56.9 Å². The number of rotatable bonds is 25. The first-order valence-electron chi connectivity index (χ1n) is 16.8. The Hall–Kier alpha value is -0.140. The quantitative estimate of drug-likeness (QED) is 0.0316. The number of hydrogen-bond donors (Lipinski definition) is 8. The summed E-state index contributed by atoms with van der Waals surface area (Å²) < 4.78 is 11.6. The third-order valence-corrected chi connectivity index (χ3v) is 12.9. The Morgan fingerprint density at radius 1 is 0.620 bits per heavy atom. The van der Waals surface area contributed by atoms with Crippen LogP contribution in [0.4, 0.5) is 0 Å². The molecular weight excluding hydrogens is 737 g/mol. The third kappa shape index (κ3) is 15.3. The Bertz CT molecular complexity index is 884. The van der Waals surface area contributed by atoms with Crippen LogP contribution < -0.4 is 10.6 Å².